The Morgan fingerprint density at radius 2 is 1.75 bits per heavy atom. The summed E-state index contributed by atoms with van der Waals surface area (Å²) in [6.45, 7) is 5.42. The first kappa shape index (κ1) is 18.1. The minimum atomic E-state index is -3.53. The van der Waals surface area contributed by atoms with Gasteiger partial charge in [-0.25, -0.2) is 13.4 Å². The molecule has 1 heterocycles. The van der Waals surface area contributed by atoms with Gasteiger partial charge in [-0.2, -0.15) is 4.31 Å². The fourth-order valence-corrected chi connectivity index (χ4v) is 3.39. The summed E-state index contributed by atoms with van der Waals surface area (Å²) < 4.78 is 26.1. The lowest BCUT2D eigenvalue weighted by Gasteiger charge is -2.21. The lowest BCUT2D eigenvalue weighted by Crippen LogP contribution is -2.33. The highest BCUT2D eigenvalue weighted by atomic mass is 32.2. The molecule has 0 saturated carbocycles. The molecule has 0 bridgehead atoms. The van der Waals surface area contributed by atoms with Gasteiger partial charge in [0.25, 0.3) is 5.91 Å². The summed E-state index contributed by atoms with van der Waals surface area (Å²) in [4.78, 5) is 16.5. The van der Waals surface area contributed by atoms with E-state index in [4.69, 9.17) is 0 Å². The van der Waals surface area contributed by atoms with Crippen molar-refractivity contribution in [2.45, 2.75) is 31.7 Å². The largest absolute Gasteiger partial charge is 0.321 e. The van der Waals surface area contributed by atoms with Gasteiger partial charge in [-0.1, -0.05) is 6.07 Å². The first-order chi connectivity index (χ1) is 11.2. The predicted molar refractivity (Wildman–Crippen MR) is 93.5 cm³/mol. The van der Waals surface area contributed by atoms with Crippen molar-refractivity contribution in [3.8, 4) is 0 Å². The highest BCUT2D eigenvalue weighted by molar-refractivity contribution is 7.89. The van der Waals surface area contributed by atoms with E-state index in [1.807, 2.05) is 13.0 Å². The molecule has 1 aromatic carbocycles. The number of aromatic nitrogens is 1. The number of anilines is 1. The van der Waals surface area contributed by atoms with Crippen molar-refractivity contribution in [1.82, 2.24) is 9.29 Å². The maximum Gasteiger partial charge on any atom is 0.274 e. The van der Waals surface area contributed by atoms with Gasteiger partial charge in [0.2, 0.25) is 10.0 Å². The van der Waals surface area contributed by atoms with E-state index < -0.39 is 10.0 Å². The van der Waals surface area contributed by atoms with Gasteiger partial charge in [-0.05, 0) is 57.2 Å². The number of nitrogens with zero attached hydrogens (tertiary/aromatic N) is 2. The van der Waals surface area contributed by atoms with Crippen molar-refractivity contribution in [1.29, 1.82) is 0 Å². The molecule has 7 heteroatoms. The van der Waals surface area contributed by atoms with Crippen LogP contribution in [0, 0.1) is 6.92 Å². The number of carbonyl (C=O) groups excluding carboxylic acids is 1. The standard InChI is InChI=1S/C17H21N3O3S/c1-12(2)20(4)24(22,23)15-10-8-14(9-11-15)19-17(21)16-7-5-6-13(3)18-16/h5-12H,1-4H3,(H,19,21). The van der Waals surface area contributed by atoms with Crippen LogP contribution < -0.4 is 5.32 Å². The number of benzene rings is 1. The lowest BCUT2D eigenvalue weighted by molar-refractivity contribution is 0.102. The van der Waals surface area contributed by atoms with Crippen LogP contribution in [-0.2, 0) is 10.0 Å². The van der Waals surface area contributed by atoms with Crippen molar-refractivity contribution in [3.63, 3.8) is 0 Å². The summed E-state index contributed by atoms with van der Waals surface area (Å²) in [5.74, 6) is -0.339. The lowest BCUT2D eigenvalue weighted by atomic mass is 10.2. The van der Waals surface area contributed by atoms with Gasteiger partial charge in [0, 0.05) is 24.5 Å². The van der Waals surface area contributed by atoms with Gasteiger partial charge in [0.1, 0.15) is 5.69 Å². The SMILES string of the molecule is Cc1cccc(C(=O)Nc2ccc(S(=O)(=O)N(C)C(C)C)cc2)n1. The molecule has 0 atom stereocenters. The Bertz CT molecular complexity index is 830. The average molecular weight is 347 g/mol. The average Bonchev–Trinajstić information content (AvgIpc) is 2.54. The molecule has 128 valence electrons. The Morgan fingerprint density at radius 1 is 1.12 bits per heavy atom. The Kier molecular flexibility index (Phi) is 5.36. The number of hydrogen-bond donors (Lipinski definition) is 1. The second kappa shape index (κ2) is 7.11. The fourth-order valence-electron chi connectivity index (χ4n) is 2.02. The van der Waals surface area contributed by atoms with Crippen molar-refractivity contribution in [2.75, 3.05) is 12.4 Å². The minimum Gasteiger partial charge on any atom is -0.321 e. The van der Waals surface area contributed by atoms with E-state index in [0.29, 0.717) is 11.4 Å². The van der Waals surface area contributed by atoms with E-state index in [2.05, 4.69) is 10.3 Å². The molecule has 0 radical (unpaired) electrons. The number of carbonyl (C=O) groups is 1. The molecule has 0 aliphatic carbocycles. The first-order valence-electron chi connectivity index (χ1n) is 7.55. The number of pyridine rings is 1. The summed E-state index contributed by atoms with van der Waals surface area (Å²) in [5.41, 5.74) is 1.57. The molecule has 0 aliphatic heterocycles. The van der Waals surface area contributed by atoms with Gasteiger partial charge >= 0.3 is 0 Å². The number of nitrogens with one attached hydrogen (secondary N) is 1. The summed E-state index contributed by atoms with van der Waals surface area (Å²) in [7, 11) is -1.99. The maximum absolute atomic E-state index is 12.4. The zero-order valence-electron chi connectivity index (χ0n) is 14.1. The first-order valence-corrected chi connectivity index (χ1v) is 8.99. The molecule has 1 aromatic heterocycles. The molecule has 24 heavy (non-hydrogen) atoms. The maximum atomic E-state index is 12.4. The van der Waals surface area contributed by atoms with E-state index in [1.54, 1.807) is 45.2 Å². The number of rotatable bonds is 5. The van der Waals surface area contributed by atoms with Crippen LogP contribution in [0.15, 0.2) is 47.4 Å². The normalized spacial score (nSPS) is 11.8. The van der Waals surface area contributed by atoms with Crippen LogP contribution in [0.2, 0.25) is 0 Å². The third-order valence-electron chi connectivity index (χ3n) is 3.64. The topological polar surface area (TPSA) is 79.4 Å². The Balaban J connectivity index is 2.17. The third-order valence-corrected chi connectivity index (χ3v) is 5.69. The van der Waals surface area contributed by atoms with Gasteiger partial charge < -0.3 is 5.32 Å². The second-order valence-electron chi connectivity index (χ2n) is 5.76. The molecule has 1 N–H and O–H groups in total. The van der Waals surface area contributed by atoms with E-state index in [-0.39, 0.29) is 16.8 Å². The summed E-state index contributed by atoms with van der Waals surface area (Å²) in [5, 5.41) is 2.71. The molecular formula is C17H21N3O3S. The summed E-state index contributed by atoms with van der Waals surface area (Å²) in [6, 6.07) is 11.1. The Hall–Kier alpha value is -2.25. The summed E-state index contributed by atoms with van der Waals surface area (Å²) in [6.07, 6.45) is 0. The molecule has 0 fully saturated rings. The third kappa shape index (κ3) is 3.98. The van der Waals surface area contributed by atoms with E-state index in [0.717, 1.165) is 5.69 Å². The number of amides is 1. The minimum absolute atomic E-state index is 0.137. The molecule has 0 saturated heterocycles. The molecule has 2 aromatic rings. The molecule has 1 amide bonds. The van der Waals surface area contributed by atoms with Crippen LogP contribution >= 0.6 is 0 Å². The van der Waals surface area contributed by atoms with Crippen LogP contribution in [0.1, 0.15) is 30.0 Å². The second-order valence-corrected chi connectivity index (χ2v) is 7.76. The van der Waals surface area contributed by atoms with E-state index in [9.17, 15) is 13.2 Å². The van der Waals surface area contributed by atoms with Gasteiger partial charge in [0.15, 0.2) is 0 Å². The zero-order chi connectivity index (χ0) is 17.9. The van der Waals surface area contributed by atoms with Crippen molar-refractivity contribution in [2.24, 2.45) is 0 Å². The van der Waals surface area contributed by atoms with Gasteiger partial charge in [0.05, 0.1) is 4.90 Å². The summed E-state index contributed by atoms with van der Waals surface area (Å²) >= 11 is 0. The van der Waals surface area contributed by atoms with Crippen LogP contribution in [0.3, 0.4) is 0 Å². The van der Waals surface area contributed by atoms with E-state index in [1.165, 1.54) is 16.4 Å². The quantitative estimate of drug-likeness (QED) is 0.902. The predicted octanol–water partition coefficient (Wildman–Crippen LogP) is 2.67. The monoisotopic (exact) mass is 347 g/mol. The molecule has 6 nitrogen and oxygen atoms in total. The van der Waals surface area contributed by atoms with E-state index >= 15 is 0 Å². The van der Waals surface area contributed by atoms with Gasteiger partial charge in [-0.15, -0.1) is 0 Å². The molecular weight excluding hydrogens is 326 g/mol. The van der Waals surface area contributed by atoms with Gasteiger partial charge in [-0.3, -0.25) is 4.79 Å². The van der Waals surface area contributed by atoms with Crippen molar-refractivity contribution < 1.29 is 13.2 Å². The smallest absolute Gasteiger partial charge is 0.274 e. The highest BCUT2D eigenvalue weighted by Gasteiger charge is 2.22. The van der Waals surface area contributed by atoms with Crippen LogP contribution in [0.4, 0.5) is 5.69 Å². The van der Waals surface area contributed by atoms with Crippen molar-refractivity contribution in [3.05, 3.63) is 53.9 Å². The number of aryl methyl sites for hydroxylation is 1. The van der Waals surface area contributed by atoms with Crippen LogP contribution in [-0.4, -0.2) is 36.7 Å². The molecule has 0 aliphatic rings. The molecule has 0 spiro atoms. The highest BCUT2D eigenvalue weighted by Crippen LogP contribution is 2.19. The Labute approximate surface area is 142 Å². The number of sulfonamides is 1. The zero-order valence-corrected chi connectivity index (χ0v) is 15.0. The Morgan fingerprint density at radius 3 is 2.29 bits per heavy atom. The van der Waals surface area contributed by atoms with Crippen LogP contribution in [0.5, 0.6) is 0 Å². The van der Waals surface area contributed by atoms with Crippen molar-refractivity contribution >= 4 is 21.6 Å². The molecule has 0 unspecified atom stereocenters. The number of hydrogen-bond acceptors (Lipinski definition) is 4. The van der Waals surface area contributed by atoms with Crippen LogP contribution in [0.25, 0.3) is 0 Å². The fraction of sp³-hybridized carbons (Fsp3) is 0.294. The molecule has 2 rings (SSSR count).